The molecule has 3 aromatic rings. The summed E-state index contributed by atoms with van der Waals surface area (Å²) in [5.41, 5.74) is 2.21. The van der Waals surface area contributed by atoms with Crippen molar-refractivity contribution in [3.63, 3.8) is 0 Å². The SMILES string of the molecule is COc1ccc(-c2cc3ncn(CC(F)F)c3c(OCC[C@H]3CNC(=O)C3)n2)cc1OC. The molecule has 0 aliphatic carbocycles. The minimum atomic E-state index is -2.54. The lowest BCUT2D eigenvalue weighted by atomic mass is 10.1. The van der Waals surface area contributed by atoms with Crippen LogP contribution in [0.2, 0.25) is 0 Å². The number of methoxy groups -OCH3 is 2. The quantitative estimate of drug-likeness (QED) is 0.543. The monoisotopic (exact) mass is 446 g/mol. The lowest BCUT2D eigenvalue weighted by molar-refractivity contribution is -0.119. The summed E-state index contributed by atoms with van der Waals surface area (Å²) in [5, 5.41) is 2.80. The third-order valence-corrected chi connectivity index (χ3v) is 5.40. The van der Waals surface area contributed by atoms with Crippen LogP contribution in [0.15, 0.2) is 30.6 Å². The molecule has 1 atom stereocenters. The van der Waals surface area contributed by atoms with Gasteiger partial charge in [0, 0.05) is 18.5 Å². The minimum absolute atomic E-state index is 0.0287. The van der Waals surface area contributed by atoms with Gasteiger partial charge in [0.05, 0.1) is 44.9 Å². The van der Waals surface area contributed by atoms with Crippen LogP contribution in [0, 0.1) is 5.92 Å². The summed E-state index contributed by atoms with van der Waals surface area (Å²) in [7, 11) is 3.10. The van der Waals surface area contributed by atoms with Gasteiger partial charge in [0.1, 0.15) is 5.52 Å². The first-order valence-corrected chi connectivity index (χ1v) is 10.2. The van der Waals surface area contributed by atoms with Gasteiger partial charge < -0.3 is 24.1 Å². The second kappa shape index (κ2) is 9.37. The van der Waals surface area contributed by atoms with Gasteiger partial charge in [-0.3, -0.25) is 4.79 Å². The predicted molar refractivity (Wildman–Crippen MR) is 113 cm³/mol. The molecule has 0 bridgehead atoms. The number of imidazole rings is 1. The van der Waals surface area contributed by atoms with Gasteiger partial charge in [-0.05, 0) is 36.6 Å². The molecule has 10 heteroatoms. The van der Waals surface area contributed by atoms with E-state index in [0.717, 1.165) is 5.56 Å². The number of hydrogen-bond acceptors (Lipinski definition) is 6. The third kappa shape index (κ3) is 4.58. The molecule has 1 aliphatic heterocycles. The number of rotatable bonds is 9. The molecule has 8 nitrogen and oxygen atoms in total. The topological polar surface area (TPSA) is 87.5 Å². The Morgan fingerprint density at radius 2 is 2.03 bits per heavy atom. The molecule has 0 saturated carbocycles. The van der Waals surface area contributed by atoms with Crippen molar-refractivity contribution in [2.45, 2.75) is 25.8 Å². The Bertz CT molecular complexity index is 1120. The highest BCUT2D eigenvalue weighted by Gasteiger charge is 2.22. The molecule has 3 heterocycles. The van der Waals surface area contributed by atoms with Crippen LogP contribution in [0.4, 0.5) is 8.78 Å². The van der Waals surface area contributed by atoms with Gasteiger partial charge in [-0.15, -0.1) is 0 Å². The lowest BCUT2D eigenvalue weighted by Crippen LogP contribution is -2.15. The molecule has 170 valence electrons. The number of hydrogen-bond donors (Lipinski definition) is 1. The molecule has 2 aromatic heterocycles. The summed E-state index contributed by atoms with van der Waals surface area (Å²) in [6.45, 7) is 0.405. The normalized spacial score (nSPS) is 15.9. The number of carbonyl (C=O) groups excluding carboxylic acids is 1. The van der Waals surface area contributed by atoms with Gasteiger partial charge in [-0.1, -0.05) is 0 Å². The van der Waals surface area contributed by atoms with Gasteiger partial charge >= 0.3 is 0 Å². The highest BCUT2D eigenvalue weighted by atomic mass is 19.3. The van der Waals surface area contributed by atoms with Crippen LogP contribution in [0.1, 0.15) is 12.8 Å². The number of benzene rings is 1. The average molecular weight is 446 g/mol. The number of amides is 1. The molecule has 1 amide bonds. The van der Waals surface area contributed by atoms with Crippen LogP contribution >= 0.6 is 0 Å². The summed E-state index contributed by atoms with van der Waals surface area (Å²) >= 11 is 0. The molecule has 1 aromatic carbocycles. The zero-order valence-corrected chi connectivity index (χ0v) is 17.8. The van der Waals surface area contributed by atoms with E-state index < -0.39 is 13.0 Å². The number of alkyl halides is 2. The number of halogens is 2. The molecule has 0 radical (unpaired) electrons. The van der Waals surface area contributed by atoms with Crippen LogP contribution in [0.5, 0.6) is 17.4 Å². The Labute approximate surface area is 183 Å². The molecule has 1 aliphatic rings. The fourth-order valence-corrected chi connectivity index (χ4v) is 3.78. The van der Waals surface area contributed by atoms with Gasteiger partial charge in [0.2, 0.25) is 11.8 Å². The van der Waals surface area contributed by atoms with Gasteiger partial charge in [-0.25, -0.2) is 18.7 Å². The summed E-state index contributed by atoms with van der Waals surface area (Å²) in [4.78, 5) is 20.3. The molecule has 0 spiro atoms. The van der Waals surface area contributed by atoms with E-state index in [1.165, 1.54) is 10.9 Å². The predicted octanol–water partition coefficient (Wildman–Crippen LogP) is 3.29. The van der Waals surface area contributed by atoms with E-state index >= 15 is 0 Å². The molecule has 0 unspecified atom stereocenters. The summed E-state index contributed by atoms with van der Waals surface area (Å²) in [5.74, 6) is 1.55. The average Bonchev–Trinajstić information content (AvgIpc) is 3.38. The van der Waals surface area contributed by atoms with Crippen molar-refractivity contribution >= 4 is 16.9 Å². The Balaban J connectivity index is 1.68. The van der Waals surface area contributed by atoms with E-state index in [1.807, 2.05) is 6.07 Å². The second-order valence-corrected chi connectivity index (χ2v) is 7.55. The Kier molecular flexibility index (Phi) is 6.38. The fourth-order valence-electron chi connectivity index (χ4n) is 3.78. The highest BCUT2D eigenvalue weighted by Crippen LogP contribution is 2.34. The molecule has 1 fully saturated rings. The van der Waals surface area contributed by atoms with E-state index in [4.69, 9.17) is 14.2 Å². The first-order chi connectivity index (χ1) is 15.5. The number of pyridine rings is 1. The maximum atomic E-state index is 13.1. The number of ether oxygens (including phenoxy) is 3. The summed E-state index contributed by atoms with van der Waals surface area (Å²) < 4.78 is 44.1. The molecule has 4 rings (SSSR count). The minimum Gasteiger partial charge on any atom is -0.493 e. The van der Waals surface area contributed by atoms with Crippen molar-refractivity contribution < 1.29 is 27.8 Å². The van der Waals surface area contributed by atoms with Gasteiger partial charge in [0.15, 0.2) is 11.5 Å². The highest BCUT2D eigenvalue weighted by molar-refractivity contribution is 5.85. The first-order valence-electron chi connectivity index (χ1n) is 10.2. The summed E-state index contributed by atoms with van der Waals surface area (Å²) in [6, 6.07) is 7.10. The van der Waals surface area contributed by atoms with Crippen molar-refractivity contribution in [3.05, 3.63) is 30.6 Å². The summed E-state index contributed by atoms with van der Waals surface area (Å²) in [6.07, 6.45) is -0.0722. The van der Waals surface area contributed by atoms with Crippen LogP contribution in [-0.2, 0) is 11.3 Å². The standard InChI is InChI=1S/C22H24F2N4O4/c1-30-17-4-3-14(8-18(17)31-2)15-9-16-21(28(12-26-16)11-19(23)24)22(27-15)32-6-5-13-7-20(29)25-10-13/h3-4,8-9,12-13,19H,5-7,10-11H2,1-2H3,(H,25,29)/t13-/m1/s1. The van der Waals surface area contributed by atoms with E-state index in [9.17, 15) is 13.6 Å². The van der Waals surface area contributed by atoms with Crippen LogP contribution in [-0.4, -0.2) is 54.2 Å². The van der Waals surface area contributed by atoms with Gasteiger partial charge in [0.25, 0.3) is 6.43 Å². The van der Waals surface area contributed by atoms with E-state index in [2.05, 4.69) is 15.3 Å². The Hall–Kier alpha value is -3.43. The third-order valence-electron chi connectivity index (χ3n) is 5.40. The fraction of sp³-hybridized carbons (Fsp3) is 0.409. The number of carbonyl (C=O) groups is 1. The maximum absolute atomic E-state index is 13.1. The van der Waals surface area contributed by atoms with Gasteiger partial charge in [-0.2, -0.15) is 0 Å². The van der Waals surface area contributed by atoms with E-state index in [1.54, 1.807) is 32.4 Å². The van der Waals surface area contributed by atoms with Crippen LogP contribution in [0.3, 0.4) is 0 Å². The number of nitrogens with zero attached hydrogens (tertiary/aromatic N) is 3. The zero-order chi connectivity index (χ0) is 22.7. The first kappa shape index (κ1) is 21.8. The maximum Gasteiger partial charge on any atom is 0.256 e. The van der Waals surface area contributed by atoms with Crippen molar-refractivity contribution in [2.75, 3.05) is 27.4 Å². The van der Waals surface area contributed by atoms with Crippen LogP contribution < -0.4 is 19.5 Å². The molecule has 32 heavy (non-hydrogen) atoms. The molecular weight excluding hydrogens is 422 g/mol. The van der Waals surface area contributed by atoms with Crippen LogP contribution in [0.25, 0.3) is 22.3 Å². The van der Waals surface area contributed by atoms with Crippen molar-refractivity contribution in [1.82, 2.24) is 19.9 Å². The molecule has 1 N–H and O–H groups in total. The second-order valence-electron chi connectivity index (χ2n) is 7.55. The van der Waals surface area contributed by atoms with Crippen molar-refractivity contribution in [2.24, 2.45) is 5.92 Å². The Morgan fingerprint density at radius 1 is 1.22 bits per heavy atom. The Morgan fingerprint density at radius 3 is 2.72 bits per heavy atom. The smallest absolute Gasteiger partial charge is 0.256 e. The lowest BCUT2D eigenvalue weighted by Gasteiger charge is -2.14. The number of aromatic nitrogens is 3. The molecule has 1 saturated heterocycles. The molecular formula is C22H24F2N4O4. The zero-order valence-electron chi connectivity index (χ0n) is 17.8. The van der Waals surface area contributed by atoms with Crippen molar-refractivity contribution in [3.8, 4) is 28.6 Å². The van der Waals surface area contributed by atoms with Crippen molar-refractivity contribution in [1.29, 1.82) is 0 Å². The number of fused-ring (bicyclic) bond motifs is 1. The van der Waals surface area contributed by atoms with E-state index in [-0.39, 0.29) is 17.7 Å². The van der Waals surface area contributed by atoms with E-state index in [0.29, 0.717) is 54.2 Å². The number of nitrogens with one attached hydrogen (secondary N) is 1. The largest absolute Gasteiger partial charge is 0.493 e.